The number of carbonyl (C=O) groups excluding carboxylic acids is 1. The molecule has 0 aliphatic carbocycles. The van der Waals surface area contributed by atoms with Crippen molar-refractivity contribution in [1.29, 1.82) is 0 Å². The molecule has 0 saturated carbocycles. The van der Waals surface area contributed by atoms with Gasteiger partial charge in [-0.15, -0.1) is 0 Å². The first-order valence-corrected chi connectivity index (χ1v) is 10.7. The summed E-state index contributed by atoms with van der Waals surface area (Å²) in [6.45, 7) is 7.02. The second kappa shape index (κ2) is 8.33. The van der Waals surface area contributed by atoms with Crippen LogP contribution in [0, 0.1) is 13.8 Å². The van der Waals surface area contributed by atoms with Crippen molar-refractivity contribution in [2.75, 3.05) is 12.5 Å². The fourth-order valence-corrected chi connectivity index (χ4v) is 4.29. The van der Waals surface area contributed by atoms with Gasteiger partial charge in [-0.3, -0.25) is 4.79 Å². The van der Waals surface area contributed by atoms with Gasteiger partial charge in [0.1, 0.15) is 5.03 Å². The number of fused-ring (bicyclic) bond motifs is 2. The average Bonchev–Trinajstić information content (AvgIpc) is 3.20. The minimum atomic E-state index is -0.0161. The molecule has 1 aliphatic heterocycles. The molecule has 0 bridgehead atoms. The molecule has 1 amide bonds. The number of rotatable bonds is 6. The molecule has 0 unspecified atom stereocenters. The van der Waals surface area contributed by atoms with E-state index in [2.05, 4.69) is 44.3 Å². The van der Waals surface area contributed by atoms with Crippen LogP contribution in [0.2, 0.25) is 0 Å². The van der Waals surface area contributed by atoms with Crippen LogP contribution in [0.5, 0.6) is 11.5 Å². The van der Waals surface area contributed by atoms with E-state index in [0.29, 0.717) is 12.3 Å². The zero-order valence-corrected chi connectivity index (χ0v) is 17.7. The minimum absolute atomic E-state index is 0.0161. The molecule has 4 rings (SSSR count). The van der Waals surface area contributed by atoms with Crippen molar-refractivity contribution in [3.8, 4) is 11.5 Å². The predicted octanol–water partition coefficient (Wildman–Crippen LogP) is 4.55. The van der Waals surface area contributed by atoms with Crippen molar-refractivity contribution in [2.24, 2.45) is 0 Å². The number of amides is 1. The number of ether oxygens (including phenoxy) is 2. The van der Waals surface area contributed by atoms with Crippen LogP contribution in [-0.4, -0.2) is 23.4 Å². The van der Waals surface area contributed by atoms with Gasteiger partial charge in [-0.25, -0.2) is 4.98 Å². The number of nitrogens with one attached hydrogen (secondary N) is 1. The number of carbonyl (C=O) groups is 1. The van der Waals surface area contributed by atoms with Gasteiger partial charge in [0.25, 0.3) is 0 Å². The zero-order valence-electron chi connectivity index (χ0n) is 16.9. The number of benzene rings is 2. The molecule has 2 heterocycles. The maximum Gasteiger partial charge on any atom is 0.231 e. The molecule has 1 N–H and O–H groups in total. The quantitative estimate of drug-likeness (QED) is 0.606. The molecule has 150 valence electrons. The van der Waals surface area contributed by atoms with Gasteiger partial charge in [-0.05, 0) is 60.7 Å². The summed E-state index contributed by atoms with van der Waals surface area (Å²) in [7, 11) is 0. The third-order valence-corrected chi connectivity index (χ3v) is 6.12. The monoisotopic (exact) mass is 408 g/mol. The molecular formula is C23H24N2O3S. The highest BCUT2D eigenvalue weighted by Crippen LogP contribution is 2.32. The third kappa shape index (κ3) is 4.17. The molecule has 29 heavy (non-hydrogen) atoms. The van der Waals surface area contributed by atoms with Crippen LogP contribution >= 0.6 is 11.8 Å². The van der Waals surface area contributed by atoms with Crippen LogP contribution in [0.4, 0.5) is 0 Å². The molecule has 1 aromatic heterocycles. The Morgan fingerprint density at radius 3 is 2.72 bits per heavy atom. The Balaban J connectivity index is 1.42. The van der Waals surface area contributed by atoms with E-state index in [1.807, 2.05) is 18.2 Å². The lowest BCUT2D eigenvalue weighted by atomic mass is 10.0. The molecule has 3 aromatic rings. The van der Waals surface area contributed by atoms with Crippen molar-refractivity contribution in [3.63, 3.8) is 0 Å². The SMILES string of the molecule is CCc1cc2c(C)ccc(C)c2nc1SCC(=O)NCc1ccc2c(c1)OCO2. The number of hydrogen-bond donors (Lipinski definition) is 1. The normalized spacial score (nSPS) is 12.4. The van der Waals surface area contributed by atoms with Crippen LogP contribution in [-0.2, 0) is 17.8 Å². The zero-order chi connectivity index (χ0) is 20.4. The number of pyridine rings is 1. The van der Waals surface area contributed by atoms with Crippen molar-refractivity contribution >= 4 is 28.6 Å². The van der Waals surface area contributed by atoms with Gasteiger partial charge in [0, 0.05) is 11.9 Å². The van der Waals surface area contributed by atoms with Gasteiger partial charge in [0.15, 0.2) is 11.5 Å². The van der Waals surface area contributed by atoms with Crippen molar-refractivity contribution < 1.29 is 14.3 Å². The minimum Gasteiger partial charge on any atom is -0.454 e. The van der Waals surface area contributed by atoms with Gasteiger partial charge in [-0.1, -0.05) is 36.9 Å². The summed E-state index contributed by atoms with van der Waals surface area (Å²) in [6, 6.07) is 12.2. The van der Waals surface area contributed by atoms with E-state index in [4.69, 9.17) is 14.5 Å². The lowest BCUT2D eigenvalue weighted by molar-refractivity contribution is -0.118. The fourth-order valence-electron chi connectivity index (χ4n) is 3.37. The van der Waals surface area contributed by atoms with Crippen LogP contribution in [0.25, 0.3) is 10.9 Å². The van der Waals surface area contributed by atoms with Crippen LogP contribution in [0.15, 0.2) is 41.4 Å². The summed E-state index contributed by atoms with van der Waals surface area (Å²) in [4.78, 5) is 17.3. The van der Waals surface area contributed by atoms with Crippen molar-refractivity contribution in [3.05, 3.63) is 58.7 Å². The Morgan fingerprint density at radius 2 is 1.90 bits per heavy atom. The molecule has 0 radical (unpaired) electrons. The van der Waals surface area contributed by atoms with Gasteiger partial charge in [0.2, 0.25) is 12.7 Å². The highest BCUT2D eigenvalue weighted by atomic mass is 32.2. The van der Waals surface area contributed by atoms with Gasteiger partial charge in [-0.2, -0.15) is 0 Å². The lowest BCUT2D eigenvalue weighted by Crippen LogP contribution is -2.24. The van der Waals surface area contributed by atoms with E-state index >= 15 is 0 Å². The number of hydrogen-bond acceptors (Lipinski definition) is 5. The maximum atomic E-state index is 12.4. The molecule has 1 aliphatic rings. The number of aryl methyl sites for hydroxylation is 3. The van der Waals surface area contributed by atoms with E-state index in [1.54, 1.807) is 0 Å². The molecular weight excluding hydrogens is 384 g/mol. The summed E-state index contributed by atoms with van der Waals surface area (Å²) in [5, 5.41) is 5.10. The molecule has 6 heteroatoms. The van der Waals surface area contributed by atoms with Crippen molar-refractivity contribution in [1.82, 2.24) is 10.3 Å². The molecule has 5 nitrogen and oxygen atoms in total. The number of thioether (sulfide) groups is 1. The summed E-state index contributed by atoms with van der Waals surface area (Å²) >= 11 is 1.50. The Hall–Kier alpha value is -2.73. The summed E-state index contributed by atoms with van der Waals surface area (Å²) in [6.07, 6.45) is 0.886. The first-order chi connectivity index (χ1) is 14.0. The molecule has 2 aromatic carbocycles. The Bertz CT molecular complexity index is 1080. The van der Waals surface area contributed by atoms with Crippen LogP contribution < -0.4 is 14.8 Å². The second-order valence-electron chi connectivity index (χ2n) is 7.15. The van der Waals surface area contributed by atoms with E-state index in [-0.39, 0.29) is 12.7 Å². The molecule has 0 saturated heterocycles. The first kappa shape index (κ1) is 19.6. The van der Waals surface area contributed by atoms with E-state index in [0.717, 1.165) is 39.6 Å². The fraction of sp³-hybridized carbons (Fsp3) is 0.304. The molecule has 0 spiro atoms. The average molecular weight is 409 g/mol. The Kier molecular flexibility index (Phi) is 5.62. The van der Waals surface area contributed by atoms with Crippen molar-refractivity contribution in [2.45, 2.75) is 38.8 Å². The first-order valence-electron chi connectivity index (χ1n) is 9.73. The second-order valence-corrected chi connectivity index (χ2v) is 8.12. The Morgan fingerprint density at radius 1 is 1.10 bits per heavy atom. The maximum absolute atomic E-state index is 12.4. The van der Waals surface area contributed by atoms with Gasteiger partial charge >= 0.3 is 0 Å². The standard InChI is InChI=1S/C23H24N2O3S/c1-4-17-10-18-14(2)5-6-15(3)22(18)25-23(17)29-12-21(26)24-11-16-7-8-19-20(9-16)28-13-27-19/h5-10H,4,11-13H2,1-3H3,(H,24,26). The highest BCUT2D eigenvalue weighted by Gasteiger charge is 2.14. The molecule has 0 atom stereocenters. The van der Waals surface area contributed by atoms with Gasteiger partial charge in [0.05, 0.1) is 11.3 Å². The predicted molar refractivity (Wildman–Crippen MR) is 116 cm³/mol. The van der Waals surface area contributed by atoms with E-state index in [1.165, 1.54) is 28.3 Å². The Labute approximate surface area is 174 Å². The van der Waals surface area contributed by atoms with E-state index < -0.39 is 0 Å². The largest absolute Gasteiger partial charge is 0.454 e. The van der Waals surface area contributed by atoms with Crippen LogP contribution in [0.3, 0.4) is 0 Å². The third-order valence-electron chi connectivity index (χ3n) is 5.09. The van der Waals surface area contributed by atoms with Gasteiger partial charge < -0.3 is 14.8 Å². The number of nitrogens with zero attached hydrogens (tertiary/aromatic N) is 1. The summed E-state index contributed by atoms with van der Waals surface area (Å²) < 4.78 is 10.7. The number of aromatic nitrogens is 1. The summed E-state index contributed by atoms with van der Waals surface area (Å²) in [5.41, 5.74) is 5.56. The topological polar surface area (TPSA) is 60.5 Å². The highest BCUT2D eigenvalue weighted by molar-refractivity contribution is 7.99. The lowest BCUT2D eigenvalue weighted by Gasteiger charge is -2.12. The molecule has 0 fully saturated rings. The summed E-state index contributed by atoms with van der Waals surface area (Å²) in [5.74, 6) is 1.79. The van der Waals surface area contributed by atoms with E-state index in [9.17, 15) is 4.79 Å². The van der Waals surface area contributed by atoms with Crippen LogP contribution in [0.1, 0.15) is 29.2 Å². The smallest absolute Gasteiger partial charge is 0.231 e.